The average Bonchev–Trinajstić information content (AvgIpc) is 2.27. The molecule has 7 heteroatoms. The lowest BCUT2D eigenvalue weighted by molar-refractivity contribution is 0.273. The molecular formula is C12H26IN3O2S. The van der Waals surface area contributed by atoms with Gasteiger partial charge in [-0.15, -0.1) is 24.0 Å². The fraction of sp³-hybridized carbons (Fsp3) is 0.917. The molecule has 1 aliphatic rings. The van der Waals surface area contributed by atoms with E-state index in [1.807, 2.05) is 6.92 Å². The van der Waals surface area contributed by atoms with Crippen LogP contribution in [0.25, 0.3) is 0 Å². The summed E-state index contributed by atoms with van der Waals surface area (Å²) in [5.41, 5.74) is 0. The minimum absolute atomic E-state index is 0. The Kier molecular flexibility index (Phi) is 8.97. The van der Waals surface area contributed by atoms with Crippen LogP contribution in [0.3, 0.4) is 0 Å². The summed E-state index contributed by atoms with van der Waals surface area (Å²) in [7, 11) is -2.93. The number of piperidine rings is 1. The third-order valence-corrected chi connectivity index (χ3v) is 4.07. The number of sulfone groups is 1. The molecule has 0 aromatic rings. The van der Waals surface area contributed by atoms with E-state index >= 15 is 0 Å². The molecule has 1 aliphatic heterocycles. The molecule has 114 valence electrons. The molecule has 0 unspecified atom stereocenters. The van der Waals surface area contributed by atoms with E-state index in [9.17, 15) is 8.42 Å². The molecule has 0 radical (unpaired) electrons. The zero-order valence-electron chi connectivity index (χ0n) is 12.1. The number of rotatable bonds is 4. The molecule has 19 heavy (non-hydrogen) atoms. The summed E-state index contributed by atoms with van der Waals surface area (Å²) in [6.07, 6.45) is 3.60. The Morgan fingerprint density at radius 3 is 2.42 bits per heavy atom. The standard InChI is InChI=1S/C12H25N3O2S.HI/c1-4-13-12(14-7-10-18(3,16)17)15-8-5-11(2)6-9-15;/h11H,4-10H2,1-3H3,(H,13,14);1H. The van der Waals surface area contributed by atoms with Crippen LogP contribution in [0.2, 0.25) is 0 Å². The van der Waals surface area contributed by atoms with Gasteiger partial charge in [0.1, 0.15) is 9.84 Å². The molecule has 1 heterocycles. The molecule has 0 amide bonds. The van der Waals surface area contributed by atoms with E-state index in [1.54, 1.807) is 0 Å². The van der Waals surface area contributed by atoms with Gasteiger partial charge in [-0.05, 0) is 25.7 Å². The molecule has 0 aromatic heterocycles. The van der Waals surface area contributed by atoms with Gasteiger partial charge < -0.3 is 10.2 Å². The Morgan fingerprint density at radius 2 is 1.95 bits per heavy atom. The summed E-state index contributed by atoms with van der Waals surface area (Å²) in [6, 6.07) is 0. The zero-order chi connectivity index (χ0) is 13.6. The first-order valence-electron chi connectivity index (χ1n) is 6.63. The van der Waals surface area contributed by atoms with E-state index in [4.69, 9.17) is 0 Å². The van der Waals surface area contributed by atoms with Gasteiger partial charge in [-0.25, -0.2) is 8.42 Å². The number of nitrogens with zero attached hydrogens (tertiary/aromatic N) is 2. The highest BCUT2D eigenvalue weighted by Gasteiger charge is 2.18. The third-order valence-electron chi connectivity index (χ3n) is 3.14. The molecule has 1 N–H and O–H groups in total. The van der Waals surface area contributed by atoms with Crippen molar-refractivity contribution in [3.63, 3.8) is 0 Å². The molecule has 0 aromatic carbocycles. The molecule has 0 bridgehead atoms. The molecule has 1 rings (SSSR count). The second-order valence-electron chi connectivity index (χ2n) is 5.04. The van der Waals surface area contributed by atoms with Crippen LogP contribution in [0.1, 0.15) is 26.7 Å². The minimum atomic E-state index is -2.93. The molecule has 0 atom stereocenters. The van der Waals surface area contributed by atoms with Gasteiger partial charge in [-0.3, -0.25) is 4.99 Å². The van der Waals surface area contributed by atoms with Gasteiger partial charge in [0.05, 0.1) is 12.3 Å². The maximum absolute atomic E-state index is 11.1. The number of hydrogen-bond donors (Lipinski definition) is 1. The maximum atomic E-state index is 11.1. The van der Waals surface area contributed by atoms with Gasteiger partial charge in [0, 0.05) is 25.9 Å². The first-order valence-corrected chi connectivity index (χ1v) is 8.69. The number of likely N-dealkylation sites (tertiary alicyclic amines) is 1. The summed E-state index contributed by atoms with van der Waals surface area (Å²) in [5, 5.41) is 3.23. The Morgan fingerprint density at radius 1 is 1.37 bits per heavy atom. The van der Waals surface area contributed by atoms with Crippen molar-refractivity contribution in [1.29, 1.82) is 0 Å². The van der Waals surface area contributed by atoms with Crippen LogP contribution in [0, 0.1) is 5.92 Å². The van der Waals surface area contributed by atoms with Crippen molar-refractivity contribution in [2.24, 2.45) is 10.9 Å². The molecule has 0 aliphatic carbocycles. The van der Waals surface area contributed by atoms with Gasteiger partial charge in [-0.1, -0.05) is 6.92 Å². The fourth-order valence-corrected chi connectivity index (χ4v) is 2.39. The van der Waals surface area contributed by atoms with Gasteiger partial charge >= 0.3 is 0 Å². The predicted molar refractivity (Wildman–Crippen MR) is 91.1 cm³/mol. The lowest BCUT2D eigenvalue weighted by Gasteiger charge is -2.32. The van der Waals surface area contributed by atoms with Crippen LogP contribution in [-0.2, 0) is 9.84 Å². The Labute approximate surface area is 134 Å². The first kappa shape index (κ1) is 18.9. The summed E-state index contributed by atoms with van der Waals surface area (Å²) >= 11 is 0. The van der Waals surface area contributed by atoms with Crippen LogP contribution < -0.4 is 5.32 Å². The number of guanidine groups is 1. The molecule has 5 nitrogen and oxygen atoms in total. The van der Waals surface area contributed by atoms with Crippen LogP contribution in [0.4, 0.5) is 0 Å². The lowest BCUT2D eigenvalue weighted by Crippen LogP contribution is -2.45. The molecular weight excluding hydrogens is 377 g/mol. The Bertz CT molecular complexity index is 376. The molecule has 0 spiro atoms. The topological polar surface area (TPSA) is 61.8 Å². The highest BCUT2D eigenvalue weighted by molar-refractivity contribution is 14.0. The van der Waals surface area contributed by atoms with Crippen molar-refractivity contribution >= 4 is 39.8 Å². The van der Waals surface area contributed by atoms with Crippen LogP contribution >= 0.6 is 24.0 Å². The lowest BCUT2D eigenvalue weighted by atomic mass is 10.00. The second-order valence-corrected chi connectivity index (χ2v) is 7.29. The van der Waals surface area contributed by atoms with Crippen molar-refractivity contribution in [3.05, 3.63) is 0 Å². The van der Waals surface area contributed by atoms with E-state index in [2.05, 4.69) is 22.1 Å². The summed E-state index contributed by atoms with van der Waals surface area (Å²) in [4.78, 5) is 6.63. The smallest absolute Gasteiger partial charge is 0.193 e. The van der Waals surface area contributed by atoms with Gasteiger partial charge in [0.25, 0.3) is 0 Å². The third kappa shape index (κ3) is 7.96. The van der Waals surface area contributed by atoms with E-state index in [0.717, 1.165) is 31.5 Å². The summed E-state index contributed by atoms with van der Waals surface area (Å²) in [5.74, 6) is 1.75. The fourth-order valence-electron chi connectivity index (χ4n) is 1.96. The monoisotopic (exact) mass is 403 g/mol. The van der Waals surface area contributed by atoms with Crippen molar-refractivity contribution < 1.29 is 8.42 Å². The quantitative estimate of drug-likeness (QED) is 0.437. The minimum Gasteiger partial charge on any atom is -0.357 e. The van der Waals surface area contributed by atoms with Crippen LogP contribution in [0.15, 0.2) is 4.99 Å². The number of hydrogen-bond acceptors (Lipinski definition) is 3. The summed E-state index contributed by atoms with van der Waals surface area (Å²) < 4.78 is 22.2. The van der Waals surface area contributed by atoms with Crippen molar-refractivity contribution in [1.82, 2.24) is 10.2 Å². The predicted octanol–water partition coefficient (Wildman–Crippen LogP) is 1.35. The zero-order valence-corrected chi connectivity index (χ0v) is 15.2. The van der Waals surface area contributed by atoms with Crippen LogP contribution in [-0.4, -0.2) is 57.5 Å². The van der Waals surface area contributed by atoms with Gasteiger partial charge in [-0.2, -0.15) is 0 Å². The number of aliphatic imine (C=N–C) groups is 1. The maximum Gasteiger partial charge on any atom is 0.193 e. The van der Waals surface area contributed by atoms with Crippen molar-refractivity contribution in [3.8, 4) is 0 Å². The highest BCUT2D eigenvalue weighted by atomic mass is 127. The van der Waals surface area contributed by atoms with Crippen LogP contribution in [0.5, 0.6) is 0 Å². The van der Waals surface area contributed by atoms with E-state index in [1.165, 1.54) is 19.1 Å². The molecule has 1 saturated heterocycles. The second kappa shape index (κ2) is 8.99. The van der Waals surface area contributed by atoms with E-state index < -0.39 is 9.84 Å². The SMILES string of the molecule is CCNC(=NCCS(C)(=O)=O)N1CCC(C)CC1.I. The molecule has 0 saturated carbocycles. The first-order chi connectivity index (χ1) is 8.42. The normalized spacial score (nSPS) is 18.1. The Balaban J connectivity index is 0.00000324. The van der Waals surface area contributed by atoms with Gasteiger partial charge in [0.2, 0.25) is 0 Å². The average molecular weight is 403 g/mol. The number of nitrogens with one attached hydrogen (secondary N) is 1. The van der Waals surface area contributed by atoms with Gasteiger partial charge in [0.15, 0.2) is 5.96 Å². The van der Waals surface area contributed by atoms with E-state index in [0.29, 0.717) is 6.54 Å². The molecule has 1 fully saturated rings. The largest absolute Gasteiger partial charge is 0.357 e. The van der Waals surface area contributed by atoms with Crippen molar-refractivity contribution in [2.45, 2.75) is 26.7 Å². The summed E-state index contributed by atoms with van der Waals surface area (Å²) in [6.45, 7) is 7.46. The Hall–Kier alpha value is -0.0500. The highest BCUT2D eigenvalue weighted by Crippen LogP contribution is 2.15. The number of halogens is 1. The van der Waals surface area contributed by atoms with Crippen molar-refractivity contribution in [2.75, 3.05) is 38.2 Å². The van der Waals surface area contributed by atoms with E-state index in [-0.39, 0.29) is 29.7 Å².